The molecular weight excluding hydrogens is 198 g/mol. The average Bonchev–Trinajstić information content (AvgIpc) is 2.18. The first-order chi connectivity index (χ1) is 7.07. The zero-order chi connectivity index (χ0) is 11.4. The van der Waals surface area contributed by atoms with E-state index < -0.39 is 16.6 Å². The van der Waals surface area contributed by atoms with E-state index in [-0.39, 0.29) is 11.3 Å². The number of ketones is 1. The highest BCUT2D eigenvalue weighted by atomic mass is 16.6. The van der Waals surface area contributed by atoms with E-state index in [2.05, 4.69) is 0 Å². The molecule has 0 spiro atoms. The highest BCUT2D eigenvalue weighted by molar-refractivity contribution is 5.98. The molecule has 1 rings (SSSR count). The van der Waals surface area contributed by atoms with Gasteiger partial charge in [0, 0.05) is 11.6 Å². The Kier molecular flexibility index (Phi) is 3.28. The number of Topliss-reactive ketones (excluding diaryl/α,β-unsaturated/α-hetero) is 1. The summed E-state index contributed by atoms with van der Waals surface area (Å²) in [5.74, 6) is -1.45. The number of nitro benzene ring substituents is 1. The normalized spacial score (nSPS) is 11.8. The zero-order valence-electron chi connectivity index (χ0n) is 8.04. The lowest BCUT2D eigenvalue weighted by atomic mass is 9.95. The minimum absolute atomic E-state index is 0.144. The first kappa shape index (κ1) is 11.0. The van der Waals surface area contributed by atoms with Crippen molar-refractivity contribution in [2.75, 3.05) is 0 Å². The largest absolute Gasteiger partial charge is 0.302 e. The summed E-state index contributed by atoms with van der Waals surface area (Å²) in [6.45, 7) is 1.23. The SMILES string of the molecule is CC(=O)C(C=O)c1ccccc1[N+](=O)[O-]. The molecule has 5 nitrogen and oxygen atoms in total. The van der Waals surface area contributed by atoms with Gasteiger partial charge in [-0.1, -0.05) is 18.2 Å². The summed E-state index contributed by atoms with van der Waals surface area (Å²) in [6.07, 6.45) is 0.421. The molecule has 5 heteroatoms. The topological polar surface area (TPSA) is 77.3 Å². The van der Waals surface area contributed by atoms with E-state index in [1.165, 1.54) is 25.1 Å². The maximum absolute atomic E-state index is 11.1. The predicted molar refractivity (Wildman–Crippen MR) is 52.6 cm³/mol. The monoisotopic (exact) mass is 207 g/mol. The fourth-order valence-corrected chi connectivity index (χ4v) is 1.30. The van der Waals surface area contributed by atoms with Crippen LogP contribution in [0.4, 0.5) is 5.69 Å². The second-order valence-corrected chi connectivity index (χ2v) is 3.04. The van der Waals surface area contributed by atoms with Gasteiger partial charge in [-0.05, 0) is 6.92 Å². The first-order valence-electron chi connectivity index (χ1n) is 4.27. The second kappa shape index (κ2) is 4.45. The summed E-state index contributed by atoms with van der Waals surface area (Å²) in [7, 11) is 0. The van der Waals surface area contributed by atoms with Crippen molar-refractivity contribution in [1.82, 2.24) is 0 Å². The van der Waals surface area contributed by atoms with Gasteiger partial charge in [0.15, 0.2) is 0 Å². The highest BCUT2D eigenvalue weighted by Gasteiger charge is 2.24. The summed E-state index contributed by atoms with van der Waals surface area (Å²) >= 11 is 0. The molecular formula is C10H9NO4. The van der Waals surface area contributed by atoms with E-state index >= 15 is 0 Å². The van der Waals surface area contributed by atoms with Gasteiger partial charge in [-0.15, -0.1) is 0 Å². The lowest BCUT2D eigenvalue weighted by Gasteiger charge is -2.06. The Morgan fingerprint density at radius 1 is 1.47 bits per heavy atom. The fourth-order valence-electron chi connectivity index (χ4n) is 1.30. The molecule has 0 heterocycles. The molecule has 1 atom stereocenters. The van der Waals surface area contributed by atoms with Gasteiger partial charge >= 0.3 is 0 Å². The van der Waals surface area contributed by atoms with Crippen molar-refractivity contribution in [2.24, 2.45) is 0 Å². The van der Waals surface area contributed by atoms with Crippen LogP contribution in [-0.2, 0) is 9.59 Å². The van der Waals surface area contributed by atoms with Crippen molar-refractivity contribution < 1.29 is 14.5 Å². The van der Waals surface area contributed by atoms with Crippen LogP contribution in [0.2, 0.25) is 0 Å². The molecule has 0 saturated heterocycles. The van der Waals surface area contributed by atoms with Crippen LogP contribution < -0.4 is 0 Å². The van der Waals surface area contributed by atoms with Crippen LogP contribution in [0.1, 0.15) is 18.4 Å². The van der Waals surface area contributed by atoms with E-state index in [9.17, 15) is 19.7 Å². The summed E-state index contributed by atoms with van der Waals surface area (Å²) in [5.41, 5.74) is -0.0604. The quantitative estimate of drug-likeness (QED) is 0.324. The maximum atomic E-state index is 11.1. The van der Waals surface area contributed by atoms with Crippen molar-refractivity contribution in [3.8, 4) is 0 Å². The lowest BCUT2D eigenvalue weighted by Crippen LogP contribution is -2.12. The molecule has 0 amide bonds. The number of nitro groups is 1. The molecule has 0 saturated carbocycles. The number of carbonyl (C=O) groups is 2. The molecule has 0 aliphatic carbocycles. The number of nitrogens with zero attached hydrogens (tertiary/aromatic N) is 1. The van der Waals surface area contributed by atoms with E-state index in [0.29, 0.717) is 6.29 Å². The number of rotatable bonds is 4. The number of para-hydroxylation sites is 1. The Morgan fingerprint density at radius 3 is 2.53 bits per heavy atom. The molecule has 1 aromatic carbocycles. The third kappa shape index (κ3) is 2.25. The Balaban J connectivity index is 3.28. The molecule has 1 aromatic rings. The molecule has 0 bridgehead atoms. The molecule has 0 fully saturated rings. The standard InChI is InChI=1S/C10H9NO4/c1-7(13)9(6-12)8-4-2-3-5-10(8)11(14)15/h2-6,9H,1H3. The molecule has 0 aromatic heterocycles. The van der Waals surface area contributed by atoms with Gasteiger partial charge in [0.25, 0.3) is 5.69 Å². The van der Waals surface area contributed by atoms with Crippen molar-refractivity contribution in [1.29, 1.82) is 0 Å². The van der Waals surface area contributed by atoms with Gasteiger partial charge < -0.3 is 4.79 Å². The van der Waals surface area contributed by atoms with Gasteiger partial charge in [-0.25, -0.2) is 0 Å². The average molecular weight is 207 g/mol. The fraction of sp³-hybridized carbons (Fsp3) is 0.200. The minimum atomic E-state index is -1.05. The van der Waals surface area contributed by atoms with Crippen molar-refractivity contribution in [3.63, 3.8) is 0 Å². The summed E-state index contributed by atoms with van der Waals surface area (Å²) in [4.78, 5) is 31.8. The Labute approximate surface area is 85.9 Å². The molecule has 0 aliphatic rings. The zero-order valence-corrected chi connectivity index (χ0v) is 8.04. The highest BCUT2D eigenvalue weighted by Crippen LogP contribution is 2.25. The van der Waals surface area contributed by atoms with E-state index in [4.69, 9.17) is 0 Å². The van der Waals surface area contributed by atoms with Gasteiger partial charge in [0.2, 0.25) is 0 Å². The van der Waals surface area contributed by atoms with Crippen molar-refractivity contribution >= 4 is 17.8 Å². The number of hydrogen-bond donors (Lipinski definition) is 0. The molecule has 1 unspecified atom stereocenters. The predicted octanol–water partition coefficient (Wildman–Crippen LogP) is 1.47. The number of benzene rings is 1. The Bertz CT molecular complexity index is 414. The van der Waals surface area contributed by atoms with Gasteiger partial charge in [-0.3, -0.25) is 14.9 Å². The van der Waals surface area contributed by atoms with Gasteiger partial charge in [0.05, 0.1) is 4.92 Å². The lowest BCUT2D eigenvalue weighted by molar-refractivity contribution is -0.385. The first-order valence-corrected chi connectivity index (χ1v) is 4.27. The van der Waals surface area contributed by atoms with Crippen LogP contribution in [0.3, 0.4) is 0 Å². The Hall–Kier alpha value is -2.04. The Morgan fingerprint density at radius 2 is 2.07 bits per heavy atom. The molecule has 0 radical (unpaired) electrons. The number of carbonyl (C=O) groups excluding carboxylic acids is 2. The van der Waals surface area contributed by atoms with Crippen LogP contribution in [0.5, 0.6) is 0 Å². The van der Waals surface area contributed by atoms with Crippen LogP contribution in [0, 0.1) is 10.1 Å². The van der Waals surface area contributed by atoms with Gasteiger partial charge in [0.1, 0.15) is 18.0 Å². The van der Waals surface area contributed by atoms with Crippen molar-refractivity contribution in [3.05, 3.63) is 39.9 Å². The second-order valence-electron chi connectivity index (χ2n) is 3.04. The summed E-state index contributed by atoms with van der Waals surface area (Å²) < 4.78 is 0. The number of aldehydes is 1. The van der Waals surface area contributed by atoms with Crippen LogP contribution >= 0.6 is 0 Å². The van der Waals surface area contributed by atoms with Crippen molar-refractivity contribution in [2.45, 2.75) is 12.8 Å². The number of hydrogen-bond acceptors (Lipinski definition) is 4. The summed E-state index contributed by atoms with van der Waals surface area (Å²) in [5, 5.41) is 10.6. The molecule has 0 aliphatic heterocycles. The van der Waals surface area contributed by atoms with E-state index in [0.717, 1.165) is 0 Å². The van der Waals surface area contributed by atoms with Gasteiger partial charge in [-0.2, -0.15) is 0 Å². The third-order valence-electron chi connectivity index (χ3n) is 2.04. The van der Waals surface area contributed by atoms with Crippen LogP contribution in [-0.4, -0.2) is 17.0 Å². The third-order valence-corrected chi connectivity index (χ3v) is 2.04. The van der Waals surface area contributed by atoms with Crippen LogP contribution in [0.15, 0.2) is 24.3 Å². The molecule has 0 N–H and O–H groups in total. The molecule has 78 valence electrons. The maximum Gasteiger partial charge on any atom is 0.273 e. The van der Waals surface area contributed by atoms with E-state index in [1.807, 2.05) is 0 Å². The summed E-state index contributed by atoms with van der Waals surface area (Å²) in [6, 6.07) is 5.73. The van der Waals surface area contributed by atoms with E-state index in [1.54, 1.807) is 6.07 Å². The minimum Gasteiger partial charge on any atom is -0.302 e. The smallest absolute Gasteiger partial charge is 0.273 e. The van der Waals surface area contributed by atoms with Crippen LogP contribution in [0.25, 0.3) is 0 Å². The molecule has 15 heavy (non-hydrogen) atoms.